The lowest BCUT2D eigenvalue weighted by Gasteiger charge is -2.25. The second-order valence-electron chi connectivity index (χ2n) is 10.1. The standard InChI is InChI=1S/C30H35N3O4/c1-37-28(34)19-26-18-27(33(30(26)36)15-5-8-21-6-3-2-4-7-21)13-14-32-29(35)25-12-11-23-16-22(20-31)9-10-24(23)17-25/h2-4,6-7,11-12,17,22,26-27H,5,8-10,13-16,18-19H2,1H3,(H,32,35)/t22?,26-,27+/m0/s1. The van der Waals surface area contributed by atoms with Crippen molar-refractivity contribution in [3.63, 3.8) is 0 Å². The number of amides is 2. The molecular weight excluding hydrogens is 466 g/mol. The summed E-state index contributed by atoms with van der Waals surface area (Å²) < 4.78 is 4.80. The van der Waals surface area contributed by atoms with E-state index in [1.807, 2.05) is 41.3 Å². The minimum atomic E-state index is -0.372. The Hall–Kier alpha value is -3.66. The van der Waals surface area contributed by atoms with Crippen LogP contribution in [0.3, 0.4) is 0 Å². The molecule has 1 aliphatic heterocycles. The summed E-state index contributed by atoms with van der Waals surface area (Å²) in [6, 6.07) is 18.3. The maximum absolute atomic E-state index is 13.1. The van der Waals surface area contributed by atoms with Crippen molar-refractivity contribution in [1.82, 2.24) is 10.2 Å². The van der Waals surface area contributed by atoms with Crippen molar-refractivity contribution in [1.29, 1.82) is 5.26 Å². The number of aryl methyl sites for hydroxylation is 2. The third-order valence-electron chi connectivity index (χ3n) is 7.62. The number of nitrogens with one attached hydrogen (secondary N) is 1. The number of fused-ring (bicyclic) bond motifs is 1. The topological polar surface area (TPSA) is 99.5 Å². The zero-order valence-corrected chi connectivity index (χ0v) is 21.4. The Labute approximate surface area is 218 Å². The SMILES string of the molecule is COC(=O)C[C@@H]1C[C@@H](CCNC(=O)c2ccc3c(c2)CCC(C#N)C3)N(CCCc2ccccc2)C1=O. The molecule has 2 aromatic rings. The Morgan fingerprint density at radius 3 is 2.73 bits per heavy atom. The van der Waals surface area contributed by atoms with Crippen LogP contribution in [0.15, 0.2) is 48.5 Å². The molecular formula is C30H35N3O4. The van der Waals surface area contributed by atoms with Crippen molar-refractivity contribution in [3.05, 3.63) is 70.8 Å². The number of carbonyl (C=O) groups is 3. The number of nitrogens with zero attached hydrogens (tertiary/aromatic N) is 2. The van der Waals surface area contributed by atoms with Gasteiger partial charge in [-0.05, 0) is 73.8 Å². The molecule has 0 aromatic heterocycles. The van der Waals surface area contributed by atoms with Crippen molar-refractivity contribution in [3.8, 4) is 6.07 Å². The van der Waals surface area contributed by atoms with Gasteiger partial charge in [-0.1, -0.05) is 36.4 Å². The average Bonchev–Trinajstić information content (AvgIpc) is 3.22. The van der Waals surface area contributed by atoms with Crippen LogP contribution in [-0.2, 0) is 33.6 Å². The predicted octanol–water partition coefficient (Wildman–Crippen LogP) is 3.85. The lowest BCUT2D eigenvalue weighted by Crippen LogP contribution is -2.37. The van der Waals surface area contributed by atoms with Crippen LogP contribution in [0.5, 0.6) is 0 Å². The normalized spacial score (nSPS) is 20.7. The highest BCUT2D eigenvalue weighted by Crippen LogP contribution is 2.30. The largest absolute Gasteiger partial charge is 0.469 e. The predicted molar refractivity (Wildman–Crippen MR) is 140 cm³/mol. The Morgan fingerprint density at radius 2 is 1.97 bits per heavy atom. The van der Waals surface area contributed by atoms with E-state index in [0.29, 0.717) is 31.5 Å². The molecule has 3 atom stereocenters. The van der Waals surface area contributed by atoms with E-state index in [4.69, 9.17) is 4.74 Å². The van der Waals surface area contributed by atoms with Crippen LogP contribution in [0.4, 0.5) is 0 Å². The monoisotopic (exact) mass is 501 g/mol. The van der Waals surface area contributed by atoms with E-state index >= 15 is 0 Å². The molecule has 37 heavy (non-hydrogen) atoms. The van der Waals surface area contributed by atoms with Crippen molar-refractivity contribution in [2.24, 2.45) is 11.8 Å². The van der Waals surface area contributed by atoms with Crippen molar-refractivity contribution in [2.45, 2.75) is 57.4 Å². The average molecular weight is 502 g/mol. The van der Waals surface area contributed by atoms with Gasteiger partial charge in [0.2, 0.25) is 5.91 Å². The number of nitriles is 1. The van der Waals surface area contributed by atoms with E-state index in [-0.39, 0.29) is 42.1 Å². The first-order chi connectivity index (χ1) is 18.0. The molecule has 1 heterocycles. The number of hydrogen-bond acceptors (Lipinski definition) is 5. The fourth-order valence-corrected chi connectivity index (χ4v) is 5.55. The van der Waals surface area contributed by atoms with E-state index in [9.17, 15) is 19.6 Å². The molecule has 7 nitrogen and oxygen atoms in total. The van der Waals surface area contributed by atoms with Gasteiger partial charge in [-0.25, -0.2) is 0 Å². The molecule has 0 radical (unpaired) electrons. The first-order valence-electron chi connectivity index (χ1n) is 13.2. The second kappa shape index (κ2) is 12.5. The quantitative estimate of drug-likeness (QED) is 0.499. The number of likely N-dealkylation sites (tertiary alicyclic amines) is 1. The number of rotatable bonds is 10. The molecule has 1 N–H and O–H groups in total. The van der Waals surface area contributed by atoms with E-state index in [1.54, 1.807) is 0 Å². The zero-order chi connectivity index (χ0) is 26.2. The molecule has 2 amide bonds. The highest BCUT2D eigenvalue weighted by atomic mass is 16.5. The lowest BCUT2D eigenvalue weighted by atomic mass is 9.84. The van der Waals surface area contributed by atoms with Gasteiger partial charge in [0, 0.05) is 24.7 Å². The third kappa shape index (κ3) is 6.76. The summed E-state index contributed by atoms with van der Waals surface area (Å²) in [6.45, 7) is 1.07. The van der Waals surface area contributed by atoms with Gasteiger partial charge in [-0.3, -0.25) is 14.4 Å². The summed E-state index contributed by atoms with van der Waals surface area (Å²) in [7, 11) is 1.34. The summed E-state index contributed by atoms with van der Waals surface area (Å²) >= 11 is 0. The fourth-order valence-electron chi connectivity index (χ4n) is 5.55. The molecule has 0 saturated carbocycles. The fraction of sp³-hybridized carbons (Fsp3) is 0.467. The molecule has 4 rings (SSSR count). The Morgan fingerprint density at radius 1 is 1.16 bits per heavy atom. The van der Waals surface area contributed by atoms with Crippen LogP contribution >= 0.6 is 0 Å². The van der Waals surface area contributed by atoms with Crippen LogP contribution in [0.2, 0.25) is 0 Å². The Kier molecular flexibility index (Phi) is 8.95. The second-order valence-corrected chi connectivity index (χ2v) is 10.1. The molecule has 1 unspecified atom stereocenters. The number of methoxy groups -OCH3 is 1. The Balaban J connectivity index is 1.33. The zero-order valence-electron chi connectivity index (χ0n) is 21.4. The van der Waals surface area contributed by atoms with Crippen molar-refractivity contribution in [2.75, 3.05) is 20.2 Å². The number of esters is 1. The summed E-state index contributed by atoms with van der Waals surface area (Å²) in [6.07, 6.45) is 5.43. The Bertz CT molecular complexity index is 1160. The first kappa shape index (κ1) is 26.4. The van der Waals surface area contributed by atoms with E-state index in [1.165, 1.54) is 12.7 Å². The molecule has 2 aromatic carbocycles. The van der Waals surface area contributed by atoms with Gasteiger partial charge >= 0.3 is 5.97 Å². The molecule has 7 heteroatoms. The summed E-state index contributed by atoms with van der Waals surface area (Å²) in [5, 5.41) is 12.2. The van der Waals surface area contributed by atoms with E-state index in [2.05, 4.69) is 23.5 Å². The van der Waals surface area contributed by atoms with Gasteiger partial charge in [-0.15, -0.1) is 0 Å². The highest BCUT2D eigenvalue weighted by molar-refractivity contribution is 5.94. The first-order valence-corrected chi connectivity index (χ1v) is 13.2. The minimum Gasteiger partial charge on any atom is -0.469 e. The van der Waals surface area contributed by atoms with Crippen LogP contribution < -0.4 is 5.32 Å². The van der Waals surface area contributed by atoms with Crippen molar-refractivity contribution >= 4 is 17.8 Å². The highest BCUT2D eigenvalue weighted by Gasteiger charge is 2.39. The van der Waals surface area contributed by atoms with Gasteiger partial charge in [0.25, 0.3) is 5.91 Å². The van der Waals surface area contributed by atoms with Crippen LogP contribution in [0.25, 0.3) is 0 Å². The number of benzene rings is 2. The van der Waals surface area contributed by atoms with Gasteiger partial charge in [-0.2, -0.15) is 5.26 Å². The number of carbonyl (C=O) groups excluding carboxylic acids is 3. The number of hydrogen-bond donors (Lipinski definition) is 1. The minimum absolute atomic E-state index is 0.000138. The molecule has 194 valence electrons. The van der Waals surface area contributed by atoms with Gasteiger partial charge in [0.15, 0.2) is 0 Å². The summed E-state index contributed by atoms with van der Waals surface area (Å²) in [5.41, 5.74) is 4.16. The van der Waals surface area contributed by atoms with Crippen molar-refractivity contribution < 1.29 is 19.1 Å². The lowest BCUT2D eigenvalue weighted by molar-refractivity contribution is -0.144. The summed E-state index contributed by atoms with van der Waals surface area (Å²) in [4.78, 5) is 39.7. The van der Waals surface area contributed by atoms with E-state index in [0.717, 1.165) is 43.2 Å². The van der Waals surface area contributed by atoms with Gasteiger partial charge < -0.3 is 15.0 Å². The maximum Gasteiger partial charge on any atom is 0.306 e. The molecule has 2 aliphatic rings. The molecule has 1 saturated heterocycles. The van der Waals surface area contributed by atoms with Crippen LogP contribution in [-0.4, -0.2) is 48.9 Å². The number of ether oxygens (including phenoxy) is 1. The van der Waals surface area contributed by atoms with Gasteiger partial charge in [0.05, 0.1) is 31.4 Å². The molecule has 0 spiro atoms. The molecule has 0 bridgehead atoms. The molecule has 1 fully saturated rings. The van der Waals surface area contributed by atoms with Gasteiger partial charge in [0.1, 0.15) is 0 Å². The van der Waals surface area contributed by atoms with E-state index < -0.39 is 0 Å². The molecule has 1 aliphatic carbocycles. The summed E-state index contributed by atoms with van der Waals surface area (Å²) in [5.74, 6) is -0.816. The third-order valence-corrected chi connectivity index (χ3v) is 7.62. The smallest absolute Gasteiger partial charge is 0.306 e. The van der Waals surface area contributed by atoms with Crippen LogP contribution in [0.1, 0.15) is 59.2 Å². The van der Waals surface area contributed by atoms with Crippen LogP contribution in [0, 0.1) is 23.2 Å². The maximum atomic E-state index is 13.1.